The van der Waals surface area contributed by atoms with Gasteiger partial charge in [0, 0.05) is 37.7 Å². The molecule has 0 unspecified atom stereocenters. The van der Waals surface area contributed by atoms with E-state index in [2.05, 4.69) is 20.7 Å². The lowest BCUT2D eigenvalue weighted by Gasteiger charge is -2.06. The van der Waals surface area contributed by atoms with Crippen molar-refractivity contribution in [3.63, 3.8) is 0 Å². The molecule has 0 saturated carbocycles. The normalized spacial score (nSPS) is 10.5. The average molecular weight is 301 g/mol. The van der Waals surface area contributed by atoms with Crippen LogP contribution in [0.5, 0.6) is 0 Å². The lowest BCUT2D eigenvalue weighted by molar-refractivity contribution is 0.0927. The van der Waals surface area contributed by atoms with Gasteiger partial charge in [-0.25, -0.2) is 0 Å². The second kappa shape index (κ2) is 7.35. The van der Waals surface area contributed by atoms with E-state index >= 15 is 0 Å². The van der Waals surface area contributed by atoms with E-state index in [4.69, 9.17) is 0 Å². The minimum atomic E-state index is -0.213. The maximum atomic E-state index is 11.9. The van der Waals surface area contributed by atoms with Crippen LogP contribution in [-0.2, 0) is 0 Å². The molecule has 0 spiro atoms. The number of rotatable bonds is 6. The number of nitrogens with one attached hydrogen (secondary N) is 2. The fourth-order valence-corrected chi connectivity index (χ4v) is 1.79. The molecule has 0 atom stereocenters. The highest BCUT2D eigenvalue weighted by atomic mass is 16.2. The molecule has 7 heteroatoms. The Hall–Kier alpha value is -2.70. The van der Waals surface area contributed by atoms with E-state index in [9.17, 15) is 9.59 Å². The molecule has 0 aliphatic rings. The molecule has 7 nitrogen and oxygen atoms in total. The summed E-state index contributed by atoms with van der Waals surface area (Å²) in [5, 5.41) is 9.56. The molecule has 0 fully saturated rings. The summed E-state index contributed by atoms with van der Waals surface area (Å²) in [6.45, 7) is 4.67. The average Bonchev–Trinajstić information content (AvgIpc) is 3.02. The third kappa shape index (κ3) is 4.15. The topological polar surface area (TPSA) is 88.9 Å². The molecule has 22 heavy (non-hydrogen) atoms. The number of carbonyl (C=O) groups excluding carboxylic acids is 2. The van der Waals surface area contributed by atoms with Crippen LogP contribution in [0.3, 0.4) is 0 Å². The maximum Gasteiger partial charge on any atom is 0.254 e. The van der Waals surface area contributed by atoms with Gasteiger partial charge in [-0.1, -0.05) is 0 Å². The molecule has 2 rings (SSSR count). The highest BCUT2D eigenvalue weighted by Gasteiger charge is 2.09. The number of hydrogen-bond donors (Lipinski definition) is 2. The number of carbonyl (C=O) groups is 2. The molecule has 0 saturated heterocycles. The van der Waals surface area contributed by atoms with E-state index in [0.29, 0.717) is 24.2 Å². The molecule has 2 heterocycles. The van der Waals surface area contributed by atoms with E-state index in [0.717, 1.165) is 0 Å². The highest BCUT2D eigenvalue weighted by molar-refractivity contribution is 5.94. The zero-order chi connectivity index (χ0) is 15.9. The van der Waals surface area contributed by atoms with Crippen molar-refractivity contribution in [1.29, 1.82) is 0 Å². The van der Waals surface area contributed by atoms with Crippen LogP contribution >= 0.6 is 0 Å². The lowest BCUT2D eigenvalue weighted by atomic mass is 10.3. The molecular weight excluding hydrogens is 282 g/mol. The summed E-state index contributed by atoms with van der Waals surface area (Å²) in [5.74, 6) is -0.419. The van der Waals surface area contributed by atoms with E-state index < -0.39 is 0 Å². The third-order valence-corrected chi connectivity index (χ3v) is 3.01. The van der Waals surface area contributed by atoms with Crippen molar-refractivity contribution in [2.45, 2.75) is 19.9 Å². The van der Waals surface area contributed by atoms with Gasteiger partial charge < -0.3 is 10.6 Å². The van der Waals surface area contributed by atoms with Gasteiger partial charge in [-0.2, -0.15) is 5.10 Å². The van der Waals surface area contributed by atoms with Gasteiger partial charge in [-0.15, -0.1) is 0 Å². The van der Waals surface area contributed by atoms with E-state index in [1.54, 1.807) is 29.2 Å². The number of aromatic nitrogens is 3. The predicted molar refractivity (Wildman–Crippen MR) is 81.5 cm³/mol. The highest BCUT2D eigenvalue weighted by Crippen LogP contribution is 2.04. The monoisotopic (exact) mass is 301 g/mol. The lowest BCUT2D eigenvalue weighted by Crippen LogP contribution is -2.34. The first-order valence-corrected chi connectivity index (χ1v) is 7.08. The Labute approximate surface area is 128 Å². The zero-order valence-electron chi connectivity index (χ0n) is 12.6. The molecule has 0 aliphatic carbocycles. The first-order chi connectivity index (χ1) is 10.6. The van der Waals surface area contributed by atoms with Gasteiger partial charge in [0.15, 0.2) is 0 Å². The summed E-state index contributed by atoms with van der Waals surface area (Å²) in [5.41, 5.74) is 0.999. The van der Waals surface area contributed by atoms with E-state index in [-0.39, 0.29) is 17.9 Å². The first-order valence-electron chi connectivity index (χ1n) is 7.08. The Morgan fingerprint density at radius 1 is 1.14 bits per heavy atom. The molecule has 2 amide bonds. The van der Waals surface area contributed by atoms with Crippen LogP contribution in [0.2, 0.25) is 0 Å². The van der Waals surface area contributed by atoms with Crippen molar-refractivity contribution in [2.75, 3.05) is 13.1 Å². The van der Waals surface area contributed by atoms with Crippen molar-refractivity contribution in [3.05, 3.63) is 48.0 Å². The van der Waals surface area contributed by atoms with Crippen LogP contribution < -0.4 is 10.6 Å². The standard InChI is InChI=1S/C15H19N5O2/c1-11(2)20-10-13(9-19-20)15(22)18-7-6-17-14(21)12-4-3-5-16-8-12/h3-5,8-11H,6-7H2,1-2H3,(H,17,21)(H,18,22). The minimum Gasteiger partial charge on any atom is -0.350 e. The summed E-state index contributed by atoms with van der Waals surface area (Å²) in [6, 6.07) is 3.59. The van der Waals surface area contributed by atoms with Gasteiger partial charge in [0.05, 0.1) is 17.3 Å². The molecule has 116 valence electrons. The van der Waals surface area contributed by atoms with Gasteiger partial charge in [0.2, 0.25) is 0 Å². The van der Waals surface area contributed by atoms with Crippen LogP contribution in [0.4, 0.5) is 0 Å². The van der Waals surface area contributed by atoms with Crippen molar-refractivity contribution < 1.29 is 9.59 Å². The van der Waals surface area contributed by atoms with Gasteiger partial charge in [-0.05, 0) is 26.0 Å². The molecular formula is C15H19N5O2. The predicted octanol–water partition coefficient (Wildman–Crippen LogP) is 1.02. The Morgan fingerprint density at radius 2 is 1.82 bits per heavy atom. The van der Waals surface area contributed by atoms with Crippen molar-refractivity contribution in [2.24, 2.45) is 0 Å². The van der Waals surface area contributed by atoms with Crippen molar-refractivity contribution >= 4 is 11.8 Å². The molecule has 2 aromatic heterocycles. The summed E-state index contributed by atoms with van der Waals surface area (Å²) < 4.78 is 1.72. The smallest absolute Gasteiger partial charge is 0.254 e. The van der Waals surface area contributed by atoms with Gasteiger partial charge >= 0.3 is 0 Å². The molecule has 0 radical (unpaired) electrons. The van der Waals surface area contributed by atoms with Crippen LogP contribution in [-0.4, -0.2) is 39.7 Å². The maximum absolute atomic E-state index is 11.9. The van der Waals surface area contributed by atoms with Crippen molar-refractivity contribution in [3.8, 4) is 0 Å². The number of amides is 2. The molecule has 0 aromatic carbocycles. The van der Waals surface area contributed by atoms with E-state index in [1.807, 2.05) is 13.8 Å². The van der Waals surface area contributed by atoms with E-state index in [1.165, 1.54) is 12.4 Å². The number of nitrogens with zero attached hydrogens (tertiary/aromatic N) is 3. The Morgan fingerprint density at radius 3 is 2.36 bits per heavy atom. The summed E-state index contributed by atoms with van der Waals surface area (Å²) in [7, 11) is 0. The summed E-state index contributed by atoms with van der Waals surface area (Å²) >= 11 is 0. The summed E-state index contributed by atoms with van der Waals surface area (Å²) in [6.07, 6.45) is 6.33. The fraction of sp³-hybridized carbons (Fsp3) is 0.333. The largest absolute Gasteiger partial charge is 0.350 e. The Bertz CT molecular complexity index is 636. The van der Waals surface area contributed by atoms with Crippen LogP contribution in [0.15, 0.2) is 36.9 Å². The van der Waals surface area contributed by atoms with Gasteiger partial charge in [0.1, 0.15) is 0 Å². The molecule has 0 aliphatic heterocycles. The van der Waals surface area contributed by atoms with Crippen LogP contribution in [0, 0.1) is 0 Å². The second-order valence-corrected chi connectivity index (χ2v) is 5.06. The minimum absolute atomic E-state index is 0.206. The number of pyridine rings is 1. The third-order valence-electron chi connectivity index (χ3n) is 3.01. The van der Waals surface area contributed by atoms with Crippen molar-refractivity contribution in [1.82, 2.24) is 25.4 Å². The van der Waals surface area contributed by atoms with Gasteiger partial charge in [0.25, 0.3) is 11.8 Å². The molecule has 2 aromatic rings. The fourth-order valence-electron chi connectivity index (χ4n) is 1.79. The number of hydrogen-bond acceptors (Lipinski definition) is 4. The SMILES string of the molecule is CC(C)n1cc(C(=O)NCCNC(=O)c2cccnc2)cn1. The quantitative estimate of drug-likeness (QED) is 0.780. The molecule has 0 bridgehead atoms. The van der Waals surface area contributed by atoms with Crippen LogP contribution in [0.25, 0.3) is 0 Å². The summed E-state index contributed by atoms with van der Waals surface area (Å²) in [4.78, 5) is 27.5. The van der Waals surface area contributed by atoms with Gasteiger partial charge in [-0.3, -0.25) is 19.3 Å². The first kappa shape index (κ1) is 15.7. The molecule has 2 N–H and O–H groups in total. The second-order valence-electron chi connectivity index (χ2n) is 5.06. The zero-order valence-corrected chi connectivity index (χ0v) is 12.6. The Kier molecular flexibility index (Phi) is 5.24. The van der Waals surface area contributed by atoms with Crippen LogP contribution in [0.1, 0.15) is 40.6 Å². The Balaban J connectivity index is 1.74.